The molecule has 1 spiro atoms. The lowest BCUT2D eigenvalue weighted by atomic mass is 9.84. The average Bonchev–Trinajstić information content (AvgIpc) is 3.60. The second-order valence-electron chi connectivity index (χ2n) is 10.5. The zero-order valence-corrected chi connectivity index (χ0v) is 22.9. The predicted octanol–water partition coefficient (Wildman–Crippen LogP) is 5.53. The topological polar surface area (TPSA) is 96.6 Å². The van der Waals surface area contributed by atoms with E-state index in [9.17, 15) is 14.4 Å². The molecule has 1 unspecified atom stereocenters. The Balaban J connectivity index is 1.54. The van der Waals surface area contributed by atoms with E-state index in [4.69, 9.17) is 4.42 Å². The smallest absolute Gasteiger partial charge is 0.297 e. The molecule has 2 aromatic heterocycles. The molecular formula is C31H24N4O4S. The number of aryl methyl sites for hydroxylation is 1. The van der Waals surface area contributed by atoms with Gasteiger partial charge in [0.2, 0.25) is 10.9 Å². The summed E-state index contributed by atoms with van der Waals surface area (Å²) in [6.07, 6.45) is 0. The summed E-state index contributed by atoms with van der Waals surface area (Å²) in [7, 11) is 0. The maximum absolute atomic E-state index is 14.9. The summed E-state index contributed by atoms with van der Waals surface area (Å²) < 4.78 is 6.11. The highest BCUT2D eigenvalue weighted by molar-refractivity contribution is 7.15. The van der Waals surface area contributed by atoms with E-state index in [-0.39, 0.29) is 34.5 Å². The molecular weight excluding hydrogens is 524 g/mol. The second kappa shape index (κ2) is 8.69. The van der Waals surface area contributed by atoms with Crippen LogP contribution in [0.4, 0.5) is 10.8 Å². The zero-order chi connectivity index (χ0) is 27.8. The van der Waals surface area contributed by atoms with Gasteiger partial charge in [0.15, 0.2) is 11.0 Å². The molecule has 2 aliphatic rings. The van der Waals surface area contributed by atoms with E-state index in [1.807, 2.05) is 63.2 Å². The molecule has 0 fully saturated rings. The van der Waals surface area contributed by atoms with Gasteiger partial charge in [-0.3, -0.25) is 19.3 Å². The fraction of sp³-hybridized carbons (Fsp3) is 0.194. The third-order valence-corrected chi connectivity index (χ3v) is 8.82. The van der Waals surface area contributed by atoms with Gasteiger partial charge in [0.25, 0.3) is 11.8 Å². The van der Waals surface area contributed by atoms with Crippen LogP contribution < -0.4 is 15.2 Å². The Hall–Kier alpha value is -4.63. The number of carbonyl (C=O) groups excluding carboxylic acids is 2. The summed E-state index contributed by atoms with van der Waals surface area (Å²) in [5, 5.41) is 9.92. The molecule has 0 radical (unpaired) electrons. The Morgan fingerprint density at radius 2 is 1.65 bits per heavy atom. The molecule has 5 aromatic rings. The molecule has 9 heteroatoms. The molecule has 0 N–H and O–H groups in total. The standard InChI is InChI=1S/C31H24N4O4S/c1-17(2)27-32-33-30(40-27)35-28(37)26-24(25(36)20-8-4-7-11-23(20)39-26)31(35)21-9-5-6-10-22(21)34(29(31)38)16-19-14-12-18(3)13-15-19/h4-15,17H,16H2,1-3H3. The van der Waals surface area contributed by atoms with Gasteiger partial charge >= 0.3 is 0 Å². The normalized spacial score (nSPS) is 17.9. The van der Waals surface area contributed by atoms with Crippen molar-refractivity contribution in [3.05, 3.63) is 116 Å². The van der Waals surface area contributed by atoms with Gasteiger partial charge in [-0.15, -0.1) is 10.2 Å². The fourth-order valence-electron chi connectivity index (χ4n) is 5.69. The number of hydrogen-bond donors (Lipinski definition) is 0. The molecule has 198 valence electrons. The van der Waals surface area contributed by atoms with Crippen LogP contribution in [0.2, 0.25) is 0 Å². The van der Waals surface area contributed by atoms with Gasteiger partial charge in [-0.2, -0.15) is 0 Å². The Morgan fingerprint density at radius 1 is 0.925 bits per heavy atom. The van der Waals surface area contributed by atoms with E-state index >= 15 is 0 Å². The third-order valence-electron chi connectivity index (χ3n) is 7.61. The fourth-order valence-corrected chi connectivity index (χ4v) is 6.59. The van der Waals surface area contributed by atoms with Crippen LogP contribution in [0, 0.1) is 6.92 Å². The lowest BCUT2D eigenvalue weighted by Gasteiger charge is -2.32. The van der Waals surface area contributed by atoms with Crippen LogP contribution in [0.1, 0.15) is 57.6 Å². The molecule has 4 heterocycles. The van der Waals surface area contributed by atoms with E-state index in [0.717, 1.165) is 11.1 Å². The largest absolute Gasteiger partial charge is 0.450 e. The summed E-state index contributed by atoms with van der Waals surface area (Å²) in [6.45, 7) is 6.24. The van der Waals surface area contributed by atoms with E-state index in [1.165, 1.54) is 16.2 Å². The van der Waals surface area contributed by atoms with Crippen molar-refractivity contribution in [3.63, 3.8) is 0 Å². The minimum atomic E-state index is -1.79. The number of hydrogen-bond acceptors (Lipinski definition) is 7. The van der Waals surface area contributed by atoms with Crippen molar-refractivity contribution < 1.29 is 14.0 Å². The number of carbonyl (C=O) groups is 2. The first-order chi connectivity index (χ1) is 19.3. The highest BCUT2D eigenvalue weighted by Crippen LogP contribution is 2.54. The first-order valence-corrected chi connectivity index (χ1v) is 13.8. The maximum Gasteiger partial charge on any atom is 0.297 e. The summed E-state index contributed by atoms with van der Waals surface area (Å²) in [4.78, 5) is 46.4. The second-order valence-corrected chi connectivity index (χ2v) is 11.4. The molecule has 0 aliphatic carbocycles. The van der Waals surface area contributed by atoms with Crippen molar-refractivity contribution in [2.45, 2.75) is 38.8 Å². The van der Waals surface area contributed by atoms with Crippen LogP contribution in [0.5, 0.6) is 0 Å². The van der Waals surface area contributed by atoms with Gasteiger partial charge in [-0.25, -0.2) is 0 Å². The van der Waals surface area contributed by atoms with Crippen LogP contribution in [-0.4, -0.2) is 22.0 Å². The van der Waals surface area contributed by atoms with Crippen molar-refractivity contribution in [3.8, 4) is 0 Å². The molecule has 3 aromatic carbocycles. The number of nitrogens with zero attached hydrogens (tertiary/aromatic N) is 4. The number of para-hydroxylation sites is 2. The Kier molecular flexibility index (Phi) is 5.30. The molecule has 2 aliphatic heterocycles. The van der Waals surface area contributed by atoms with Crippen LogP contribution >= 0.6 is 11.3 Å². The van der Waals surface area contributed by atoms with Crippen molar-refractivity contribution >= 4 is 44.9 Å². The first kappa shape index (κ1) is 24.4. The zero-order valence-electron chi connectivity index (χ0n) is 22.0. The van der Waals surface area contributed by atoms with Crippen LogP contribution in [0.3, 0.4) is 0 Å². The average molecular weight is 549 g/mol. The third kappa shape index (κ3) is 3.21. The van der Waals surface area contributed by atoms with E-state index < -0.39 is 22.8 Å². The van der Waals surface area contributed by atoms with Gasteiger partial charge in [-0.05, 0) is 30.7 Å². The molecule has 7 rings (SSSR count). The summed E-state index contributed by atoms with van der Waals surface area (Å²) in [5.41, 5.74) is 1.28. The molecule has 8 nitrogen and oxygen atoms in total. The number of rotatable bonds is 4. The van der Waals surface area contributed by atoms with E-state index in [2.05, 4.69) is 10.2 Å². The lowest BCUT2D eigenvalue weighted by Crippen LogP contribution is -2.53. The number of fused-ring (bicyclic) bond motifs is 5. The van der Waals surface area contributed by atoms with Crippen molar-refractivity contribution in [2.24, 2.45) is 0 Å². The molecule has 0 saturated carbocycles. The Labute approximate surface area is 233 Å². The van der Waals surface area contributed by atoms with Crippen molar-refractivity contribution in [1.29, 1.82) is 0 Å². The Bertz CT molecular complexity index is 1910. The SMILES string of the molecule is Cc1ccc(CN2C(=O)C3(c4ccccc42)c2c(oc4ccccc4c2=O)C(=O)N3c2nnc(C(C)C)s2)cc1. The molecule has 0 saturated heterocycles. The van der Waals surface area contributed by atoms with Crippen molar-refractivity contribution in [1.82, 2.24) is 10.2 Å². The molecule has 0 bridgehead atoms. The van der Waals surface area contributed by atoms with Gasteiger partial charge in [0.1, 0.15) is 10.6 Å². The molecule has 2 amide bonds. The summed E-state index contributed by atoms with van der Waals surface area (Å²) in [5.74, 6) is -1.09. The first-order valence-electron chi connectivity index (χ1n) is 13.0. The van der Waals surface area contributed by atoms with Crippen LogP contribution in [-0.2, 0) is 16.9 Å². The summed E-state index contributed by atoms with van der Waals surface area (Å²) >= 11 is 1.24. The predicted molar refractivity (Wildman–Crippen MR) is 153 cm³/mol. The van der Waals surface area contributed by atoms with Gasteiger partial charge in [0.05, 0.1) is 23.2 Å². The monoisotopic (exact) mass is 548 g/mol. The Morgan fingerprint density at radius 3 is 2.40 bits per heavy atom. The number of anilines is 2. The van der Waals surface area contributed by atoms with Gasteiger partial charge < -0.3 is 9.32 Å². The van der Waals surface area contributed by atoms with E-state index in [0.29, 0.717) is 21.6 Å². The van der Waals surface area contributed by atoms with Crippen LogP contribution in [0.25, 0.3) is 11.0 Å². The number of aromatic nitrogens is 2. The highest BCUT2D eigenvalue weighted by atomic mass is 32.1. The van der Waals surface area contributed by atoms with E-state index in [1.54, 1.807) is 35.2 Å². The number of benzene rings is 3. The maximum atomic E-state index is 14.9. The van der Waals surface area contributed by atoms with Gasteiger partial charge in [0, 0.05) is 11.5 Å². The number of amides is 2. The van der Waals surface area contributed by atoms with Crippen LogP contribution in [0.15, 0.2) is 82.0 Å². The molecule has 1 atom stereocenters. The highest BCUT2D eigenvalue weighted by Gasteiger charge is 2.66. The molecule has 40 heavy (non-hydrogen) atoms. The summed E-state index contributed by atoms with van der Waals surface area (Å²) in [6, 6.07) is 22.0. The minimum Gasteiger partial charge on any atom is -0.450 e. The minimum absolute atomic E-state index is 0.0151. The van der Waals surface area contributed by atoms with Gasteiger partial charge in [-0.1, -0.05) is 85.3 Å². The van der Waals surface area contributed by atoms with Crippen molar-refractivity contribution in [2.75, 3.05) is 9.80 Å². The quantitative estimate of drug-likeness (QED) is 0.293. The lowest BCUT2D eigenvalue weighted by molar-refractivity contribution is -0.121.